The molecular formula is C18H22O. The normalized spacial score (nSPS) is 11.4. The summed E-state index contributed by atoms with van der Waals surface area (Å²) in [7, 11) is 0. The first-order chi connectivity index (χ1) is 8.88. The molecule has 100 valence electrons. The van der Waals surface area contributed by atoms with Crippen LogP contribution in [0.15, 0.2) is 42.5 Å². The van der Waals surface area contributed by atoms with Crippen LogP contribution in [0.5, 0.6) is 11.5 Å². The quantitative estimate of drug-likeness (QED) is 0.697. The summed E-state index contributed by atoms with van der Waals surface area (Å²) in [5, 5.41) is 0. The third kappa shape index (κ3) is 3.17. The number of aryl methyl sites for hydroxylation is 2. The molecule has 0 radical (unpaired) electrons. The van der Waals surface area contributed by atoms with E-state index in [-0.39, 0.29) is 5.41 Å². The van der Waals surface area contributed by atoms with Crippen LogP contribution in [0.1, 0.15) is 37.5 Å². The summed E-state index contributed by atoms with van der Waals surface area (Å²) in [5.41, 5.74) is 3.83. The molecule has 0 aliphatic heterocycles. The van der Waals surface area contributed by atoms with E-state index in [4.69, 9.17) is 4.74 Å². The summed E-state index contributed by atoms with van der Waals surface area (Å²) in [5.74, 6) is 1.86. The molecule has 2 aromatic carbocycles. The highest BCUT2D eigenvalue weighted by Gasteiger charge is 2.13. The fourth-order valence-corrected chi connectivity index (χ4v) is 2.10. The second-order valence-corrected chi connectivity index (χ2v) is 6.10. The van der Waals surface area contributed by atoms with Crippen LogP contribution in [0, 0.1) is 13.8 Å². The SMILES string of the molecule is Cc1cccc(C)c1Oc1ccc(C(C)(C)C)cc1. The van der Waals surface area contributed by atoms with Gasteiger partial charge in [0.1, 0.15) is 11.5 Å². The van der Waals surface area contributed by atoms with Crippen molar-refractivity contribution in [3.8, 4) is 11.5 Å². The zero-order chi connectivity index (χ0) is 14.0. The molecule has 0 atom stereocenters. The Morgan fingerprint density at radius 3 is 1.79 bits per heavy atom. The largest absolute Gasteiger partial charge is 0.457 e. The molecule has 0 aromatic heterocycles. The standard InChI is InChI=1S/C18H22O/c1-13-7-6-8-14(2)17(13)19-16-11-9-15(10-12-16)18(3,4)5/h6-12H,1-5H3. The van der Waals surface area contributed by atoms with E-state index in [2.05, 4.69) is 65.0 Å². The van der Waals surface area contributed by atoms with E-state index in [0.29, 0.717) is 0 Å². The maximum absolute atomic E-state index is 6.01. The molecule has 0 unspecified atom stereocenters. The fourth-order valence-electron chi connectivity index (χ4n) is 2.10. The lowest BCUT2D eigenvalue weighted by atomic mass is 9.87. The molecule has 0 bridgehead atoms. The fraction of sp³-hybridized carbons (Fsp3) is 0.333. The third-order valence-electron chi connectivity index (χ3n) is 3.35. The highest BCUT2D eigenvalue weighted by molar-refractivity contribution is 5.43. The molecule has 2 rings (SSSR count). The highest BCUT2D eigenvalue weighted by atomic mass is 16.5. The highest BCUT2D eigenvalue weighted by Crippen LogP contribution is 2.30. The predicted octanol–water partition coefficient (Wildman–Crippen LogP) is 5.39. The van der Waals surface area contributed by atoms with Crippen LogP contribution in [0.25, 0.3) is 0 Å². The molecule has 0 N–H and O–H groups in total. The molecule has 19 heavy (non-hydrogen) atoms. The van der Waals surface area contributed by atoms with Gasteiger partial charge in [-0.3, -0.25) is 0 Å². The lowest BCUT2D eigenvalue weighted by molar-refractivity contribution is 0.474. The van der Waals surface area contributed by atoms with Gasteiger partial charge in [-0.15, -0.1) is 0 Å². The van der Waals surface area contributed by atoms with E-state index >= 15 is 0 Å². The lowest BCUT2D eigenvalue weighted by Gasteiger charge is -2.19. The van der Waals surface area contributed by atoms with Gasteiger partial charge in [0.25, 0.3) is 0 Å². The summed E-state index contributed by atoms with van der Waals surface area (Å²) in [4.78, 5) is 0. The van der Waals surface area contributed by atoms with Gasteiger partial charge in [0.15, 0.2) is 0 Å². The van der Waals surface area contributed by atoms with Crippen molar-refractivity contribution in [2.45, 2.75) is 40.0 Å². The first kappa shape index (κ1) is 13.7. The second-order valence-electron chi connectivity index (χ2n) is 6.10. The molecule has 0 spiro atoms. The average molecular weight is 254 g/mol. The van der Waals surface area contributed by atoms with E-state index < -0.39 is 0 Å². The van der Waals surface area contributed by atoms with Crippen LogP contribution in [0.4, 0.5) is 0 Å². The number of ether oxygens (including phenoxy) is 1. The van der Waals surface area contributed by atoms with Gasteiger partial charge in [-0.2, -0.15) is 0 Å². The Labute approximate surface area is 116 Å². The molecule has 0 amide bonds. The Bertz CT molecular complexity index is 539. The molecule has 0 heterocycles. The Morgan fingerprint density at radius 2 is 1.32 bits per heavy atom. The molecule has 1 heteroatoms. The number of hydrogen-bond acceptors (Lipinski definition) is 1. The smallest absolute Gasteiger partial charge is 0.133 e. The van der Waals surface area contributed by atoms with Gasteiger partial charge in [-0.1, -0.05) is 51.1 Å². The molecule has 2 aromatic rings. The second kappa shape index (κ2) is 5.08. The van der Waals surface area contributed by atoms with Crippen LogP contribution in [-0.2, 0) is 5.41 Å². The van der Waals surface area contributed by atoms with Gasteiger partial charge < -0.3 is 4.74 Å². The zero-order valence-electron chi connectivity index (χ0n) is 12.4. The molecular weight excluding hydrogens is 232 g/mol. The van der Waals surface area contributed by atoms with E-state index in [1.807, 2.05) is 12.1 Å². The Hall–Kier alpha value is -1.76. The molecule has 0 saturated heterocycles. The zero-order valence-corrected chi connectivity index (χ0v) is 12.4. The van der Waals surface area contributed by atoms with Crippen LogP contribution in [0.2, 0.25) is 0 Å². The van der Waals surface area contributed by atoms with Crippen LogP contribution >= 0.6 is 0 Å². The van der Waals surface area contributed by atoms with E-state index in [0.717, 1.165) is 11.5 Å². The minimum Gasteiger partial charge on any atom is -0.457 e. The van der Waals surface area contributed by atoms with Crippen molar-refractivity contribution in [2.24, 2.45) is 0 Å². The van der Waals surface area contributed by atoms with E-state index in [1.165, 1.54) is 16.7 Å². The van der Waals surface area contributed by atoms with E-state index in [9.17, 15) is 0 Å². The summed E-state index contributed by atoms with van der Waals surface area (Å²) in [6, 6.07) is 14.6. The molecule has 0 fully saturated rings. The van der Waals surface area contributed by atoms with Crippen molar-refractivity contribution >= 4 is 0 Å². The third-order valence-corrected chi connectivity index (χ3v) is 3.35. The van der Waals surface area contributed by atoms with Gasteiger partial charge in [0, 0.05) is 0 Å². The topological polar surface area (TPSA) is 9.23 Å². The summed E-state index contributed by atoms with van der Waals surface area (Å²) < 4.78 is 6.01. The van der Waals surface area contributed by atoms with Crippen molar-refractivity contribution in [1.82, 2.24) is 0 Å². The minimum absolute atomic E-state index is 0.178. The Kier molecular flexibility index (Phi) is 3.66. The van der Waals surface area contributed by atoms with Crippen LogP contribution in [-0.4, -0.2) is 0 Å². The monoisotopic (exact) mass is 254 g/mol. The number of rotatable bonds is 2. The van der Waals surface area contributed by atoms with Crippen molar-refractivity contribution in [2.75, 3.05) is 0 Å². The summed E-state index contributed by atoms with van der Waals surface area (Å²) in [6.07, 6.45) is 0. The predicted molar refractivity (Wildman–Crippen MR) is 81.1 cm³/mol. The van der Waals surface area contributed by atoms with Crippen LogP contribution in [0.3, 0.4) is 0 Å². The Morgan fingerprint density at radius 1 is 0.789 bits per heavy atom. The number of hydrogen-bond donors (Lipinski definition) is 0. The molecule has 0 saturated carbocycles. The van der Waals surface area contributed by atoms with Gasteiger partial charge in [-0.05, 0) is 48.1 Å². The van der Waals surface area contributed by atoms with E-state index in [1.54, 1.807) is 0 Å². The minimum atomic E-state index is 0.178. The van der Waals surface area contributed by atoms with Crippen molar-refractivity contribution in [3.63, 3.8) is 0 Å². The van der Waals surface area contributed by atoms with Gasteiger partial charge in [0.2, 0.25) is 0 Å². The molecule has 0 aliphatic rings. The number of para-hydroxylation sites is 1. The summed E-state index contributed by atoms with van der Waals surface area (Å²) in [6.45, 7) is 10.8. The maximum Gasteiger partial charge on any atom is 0.133 e. The van der Waals surface area contributed by atoms with Gasteiger partial charge in [0.05, 0.1) is 0 Å². The van der Waals surface area contributed by atoms with Gasteiger partial charge in [-0.25, -0.2) is 0 Å². The lowest BCUT2D eigenvalue weighted by Crippen LogP contribution is -2.10. The van der Waals surface area contributed by atoms with Crippen LogP contribution < -0.4 is 4.74 Å². The first-order valence-corrected chi connectivity index (χ1v) is 6.72. The van der Waals surface area contributed by atoms with Gasteiger partial charge >= 0.3 is 0 Å². The maximum atomic E-state index is 6.01. The van der Waals surface area contributed by atoms with Crippen molar-refractivity contribution in [1.29, 1.82) is 0 Å². The Balaban J connectivity index is 2.25. The number of benzene rings is 2. The van der Waals surface area contributed by atoms with Crippen molar-refractivity contribution in [3.05, 3.63) is 59.2 Å². The average Bonchev–Trinajstić information content (AvgIpc) is 2.33. The summed E-state index contributed by atoms with van der Waals surface area (Å²) >= 11 is 0. The molecule has 1 nitrogen and oxygen atoms in total. The first-order valence-electron chi connectivity index (χ1n) is 6.72. The molecule has 0 aliphatic carbocycles. The van der Waals surface area contributed by atoms with Crippen molar-refractivity contribution < 1.29 is 4.74 Å².